The van der Waals surface area contributed by atoms with Crippen LogP contribution in [-0.4, -0.2) is 44.7 Å². The molecule has 1 heterocycles. The number of rotatable bonds is 5. The molecule has 1 atom stereocenters. The summed E-state index contributed by atoms with van der Waals surface area (Å²) in [6.45, 7) is 2.14. The van der Waals surface area contributed by atoms with Crippen LogP contribution in [0.15, 0.2) is 33.6 Å². The quantitative estimate of drug-likeness (QED) is 0.872. The van der Waals surface area contributed by atoms with Crippen LogP contribution in [0, 0.1) is 0 Å². The molecule has 1 aromatic carbocycles. The third-order valence-electron chi connectivity index (χ3n) is 3.84. The number of benzene rings is 1. The molecule has 0 bridgehead atoms. The van der Waals surface area contributed by atoms with Crippen LogP contribution in [0.1, 0.15) is 19.3 Å². The van der Waals surface area contributed by atoms with Gasteiger partial charge in [0.15, 0.2) is 9.84 Å². The maximum absolute atomic E-state index is 12.3. The van der Waals surface area contributed by atoms with Gasteiger partial charge in [-0.15, -0.1) is 0 Å². The molecular formula is C14H21BrN2O2S. The van der Waals surface area contributed by atoms with Crippen molar-refractivity contribution in [3.8, 4) is 0 Å². The molecule has 1 aromatic rings. The lowest BCUT2D eigenvalue weighted by Crippen LogP contribution is -2.45. The van der Waals surface area contributed by atoms with E-state index in [1.54, 1.807) is 24.3 Å². The lowest BCUT2D eigenvalue weighted by atomic mass is 10.0. The highest BCUT2D eigenvalue weighted by Crippen LogP contribution is 2.19. The van der Waals surface area contributed by atoms with Crippen molar-refractivity contribution in [3.63, 3.8) is 0 Å². The van der Waals surface area contributed by atoms with Gasteiger partial charge in [-0.25, -0.2) is 8.42 Å². The van der Waals surface area contributed by atoms with E-state index >= 15 is 0 Å². The average molecular weight is 361 g/mol. The molecule has 112 valence electrons. The van der Waals surface area contributed by atoms with E-state index < -0.39 is 9.84 Å². The summed E-state index contributed by atoms with van der Waals surface area (Å²) in [5.41, 5.74) is 5.76. The number of sulfone groups is 1. The lowest BCUT2D eigenvalue weighted by molar-refractivity contribution is 0.162. The minimum atomic E-state index is -3.21. The van der Waals surface area contributed by atoms with Gasteiger partial charge in [0.25, 0.3) is 0 Å². The fourth-order valence-electron chi connectivity index (χ4n) is 2.62. The van der Waals surface area contributed by atoms with Crippen LogP contribution >= 0.6 is 15.9 Å². The molecule has 20 heavy (non-hydrogen) atoms. The molecule has 0 aromatic heterocycles. The third kappa shape index (κ3) is 4.04. The van der Waals surface area contributed by atoms with Crippen molar-refractivity contribution in [2.24, 2.45) is 5.73 Å². The van der Waals surface area contributed by atoms with E-state index in [0.717, 1.165) is 23.9 Å². The van der Waals surface area contributed by atoms with Crippen LogP contribution in [0.5, 0.6) is 0 Å². The zero-order chi connectivity index (χ0) is 14.6. The maximum Gasteiger partial charge on any atom is 0.179 e. The predicted molar refractivity (Wildman–Crippen MR) is 84.5 cm³/mol. The Morgan fingerprint density at radius 3 is 2.60 bits per heavy atom. The lowest BCUT2D eigenvalue weighted by Gasteiger charge is -2.34. The molecule has 1 aliphatic rings. The molecule has 2 rings (SSSR count). The topological polar surface area (TPSA) is 63.4 Å². The van der Waals surface area contributed by atoms with E-state index in [9.17, 15) is 8.42 Å². The first-order valence-corrected chi connectivity index (χ1v) is 9.40. The van der Waals surface area contributed by atoms with Crippen LogP contribution in [-0.2, 0) is 9.84 Å². The molecular weight excluding hydrogens is 340 g/mol. The Labute approximate surface area is 129 Å². The molecule has 0 saturated carbocycles. The Bertz CT molecular complexity index is 531. The second-order valence-electron chi connectivity index (χ2n) is 5.19. The van der Waals surface area contributed by atoms with Gasteiger partial charge in [-0.3, -0.25) is 4.90 Å². The van der Waals surface area contributed by atoms with Gasteiger partial charge in [0.05, 0.1) is 10.6 Å². The minimum absolute atomic E-state index is 0.158. The molecule has 1 saturated heterocycles. The first-order valence-electron chi connectivity index (χ1n) is 6.95. The van der Waals surface area contributed by atoms with Crippen molar-refractivity contribution >= 4 is 25.8 Å². The van der Waals surface area contributed by atoms with Gasteiger partial charge >= 0.3 is 0 Å². The number of likely N-dealkylation sites (tertiary alicyclic amines) is 1. The second-order valence-corrected chi connectivity index (χ2v) is 8.22. The van der Waals surface area contributed by atoms with Crippen LogP contribution in [0.25, 0.3) is 0 Å². The van der Waals surface area contributed by atoms with Gasteiger partial charge in [-0.2, -0.15) is 0 Å². The Morgan fingerprint density at radius 1 is 1.25 bits per heavy atom. The fraction of sp³-hybridized carbons (Fsp3) is 0.571. The Morgan fingerprint density at radius 2 is 1.95 bits per heavy atom. The van der Waals surface area contributed by atoms with Crippen molar-refractivity contribution in [1.82, 2.24) is 4.90 Å². The van der Waals surface area contributed by atoms with Crippen LogP contribution in [0.4, 0.5) is 0 Å². The second kappa shape index (κ2) is 7.02. The molecule has 1 fully saturated rings. The first-order chi connectivity index (χ1) is 9.53. The normalized spacial score (nSPS) is 21.0. The van der Waals surface area contributed by atoms with Gasteiger partial charge in [-0.1, -0.05) is 22.4 Å². The van der Waals surface area contributed by atoms with Crippen LogP contribution < -0.4 is 5.73 Å². The third-order valence-corrected chi connectivity index (χ3v) is 6.08. The van der Waals surface area contributed by atoms with Crippen molar-refractivity contribution < 1.29 is 8.42 Å². The van der Waals surface area contributed by atoms with Gasteiger partial charge < -0.3 is 5.73 Å². The van der Waals surface area contributed by atoms with Crippen molar-refractivity contribution in [2.45, 2.75) is 30.2 Å². The zero-order valence-electron chi connectivity index (χ0n) is 11.5. The summed E-state index contributed by atoms with van der Waals surface area (Å²) in [5.74, 6) is 0.158. The summed E-state index contributed by atoms with van der Waals surface area (Å²) in [5, 5.41) is 0. The SMILES string of the molecule is NCC1CCCCN1CCS(=O)(=O)c1ccc(Br)cc1. The zero-order valence-corrected chi connectivity index (χ0v) is 13.9. The Kier molecular flexibility index (Phi) is 5.60. The summed E-state index contributed by atoms with van der Waals surface area (Å²) in [6, 6.07) is 7.16. The van der Waals surface area contributed by atoms with Gasteiger partial charge in [0.1, 0.15) is 0 Å². The summed E-state index contributed by atoms with van der Waals surface area (Å²) in [4.78, 5) is 2.61. The van der Waals surface area contributed by atoms with Gasteiger partial charge in [0.2, 0.25) is 0 Å². The molecule has 2 N–H and O–H groups in total. The number of halogens is 1. The molecule has 6 heteroatoms. The molecule has 4 nitrogen and oxygen atoms in total. The Hall–Kier alpha value is -0.430. The van der Waals surface area contributed by atoms with Crippen LogP contribution in [0.2, 0.25) is 0 Å². The number of hydrogen-bond acceptors (Lipinski definition) is 4. The number of piperidine rings is 1. The number of nitrogens with two attached hydrogens (primary N) is 1. The summed E-state index contributed by atoms with van der Waals surface area (Å²) >= 11 is 3.31. The first kappa shape index (κ1) is 15.9. The fourth-order valence-corrected chi connectivity index (χ4v) is 4.14. The standard InChI is InChI=1S/C14H21BrN2O2S/c15-12-4-6-14(7-5-12)20(18,19)10-9-17-8-2-1-3-13(17)11-16/h4-7,13H,1-3,8-11,16H2. The molecule has 0 aliphatic carbocycles. The van der Waals surface area contributed by atoms with E-state index in [1.165, 1.54) is 6.42 Å². The van der Waals surface area contributed by atoms with E-state index in [2.05, 4.69) is 20.8 Å². The number of hydrogen-bond donors (Lipinski definition) is 1. The maximum atomic E-state index is 12.3. The highest BCUT2D eigenvalue weighted by atomic mass is 79.9. The van der Waals surface area contributed by atoms with E-state index in [4.69, 9.17) is 5.73 Å². The van der Waals surface area contributed by atoms with Crippen molar-refractivity contribution in [2.75, 3.05) is 25.4 Å². The molecule has 0 amide bonds. The minimum Gasteiger partial charge on any atom is -0.329 e. The van der Waals surface area contributed by atoms with Gasteiger partial charge in [-0.05, 0) is 43.7 Å². The van der Waals surface area contributed by atoms with E-state index in [1.807, 2.05) is 0 Å². The van der Waals surface area contributed by atoms with Gasteiger partial charge in [0, 0.05) is 23.6 Å². The largest absolute Gasteiger partial charge is 0.329 e. The van der Waals surface area contributed by atoms with E-state index in [-0.39, 0.29) is 5.75 Å². The van der Waals surface area contributed by atoms with Crippen LogP contribution in [0.3, 0.4) is 0 Å². The average Bonchev–Trinajstić information content (AvgIpc) is 2.46. The number of nitrogens with zero attached hydrogens (tertiary/aromatic N) is 1. The highest BCUT2D eigenvalue weighted by molar-refractivity contribution is 9.10. The summed E-state index contributed by atoms with van der Waals surface area (Å²) < 4.78 is 25.5. The predicted octanol–water partition coefficient (Wildman–Crippen LogP) is 2.04. The highest BCUT2D eigenvalue weighted by Gasteiger charge is 2.23. The molecule has 0 spiro atoms. The van der Waals surface area contributed by atoms with Crippen molar-refractivity contribution in [1.29, 1.82) is 0 Å². The molecule has 1 aliphatic heterocycles. The molecule has 0 radical (unpaired) electrons. The summed E-state index contributed by atoms with van der Waals surface area (Å²) in [7, 11) is -3.21. The smallest absolute Gasteiger partial charge is 0.179 e. The Balaban J connectivity index is 1.99. The van der Waals surface area contributed by atoms with E-state index in [0.29, 0.717) is 24.0 Å². The monoisotopic (exact) mass is 360 g/mol. The summed E-state index contributed by atoms with van der Waals surface area (Å²) in [6.07, 6.45) is 3.40. The molecule has 1 unspecified atom stereocenters. The van der Waals surface area contributed by atoms with Crippen molar-refractivity contribution in [3.05, 3.63) is 28.7 Å².